The summed E-state index contributed by atoms with van der Waals surface area (Å²) in [7, 11) is -3.71. The van der Waals surface area contributed by atoms with E-state index in [1.165, 1.54) is 5.57 Å². The Balaban J connectivity index is 1.82. The Kier molecular flexibility index (Phi) is 5.13. The Hall–Kier alpha value is -1.13. The van der Waals surface area contributed by atoms with Crippen molar-refractivity contribution < 1.29 is 12.6 Å². The molecule has 0 amide bonds. The lowest BCUT2D eigenvalue weighted by Crippen LogP contribution is -2.50. The maximum atomic E-state index is 12.8. The van der Waals surface area contributed by atoms with Crippen molar-refractivity contribution in [3.8, 4) is 0 Å². The molecular weight excluding hydrogens is 332 g/mol. The molecule has 1 saturated carbocycles. The van der Waals surface area contributed by atoms with E-state index in [0.717, 1.165) is 37.7 Å². The van der Waals surface area contributed by atoms with E-state index in [1.807, 2.05) is 19.1 Å². The lowest BCUT2D eigenvalue weighted by atomic mass is 9.52. The topological polar surface area (TPSA) is 43.4 Å². The SMILES string of the molecule is C/C1=C\CC[C@@H](OS(=O)(=O)c2ccc(C)cc2)[C@H]2CC(C)(C)[C@@H]2CC1. The van der Waals surface area contributed by atoms with E-state index in [1.54, 1.807) is 12.1 Å². The highest BCUT2D eigenvalue weighted by molar-refractivity contribution is 7.86. The Morgan fingerprint density at radius 1 is 1.08 bits per heavy atom. The molecule has 0 saturated heterocycles. The average molecular weight is 363 g/mol. The molecule has 0 spiro atoms. The standard InChI is InChI=1S/C21H30O3S/c1-15-6-5-7-20(18-14-21(3,4)19(18)13-10-15)24-25(22,23)17-11-8-16(2)9-12-17/h6,8-9,11-12,18-20H,5,7,10,13-14H2,1-4H3/b15-6+/t18-,19+,20+/m0/s1. The molecule has 0 heterocycles. The largest absolute Gasteiger partial charge is 0.297 e. The van der Waals surface area contributed by atoms with Crippen molar-refractivity contribution in [2.45, 2.75) is 70.8 Å². The molecule has 0 radical (unpaired) electrons. The van der Waals surface area contributed by atoms with Gasteiger partial charge in [0.15, 0.2) is 0 Å². The van der Waals surface area contributed by atoms with E-state index in [-0.39, 0.29) is 16.4 Å². The van der Waals surface area contributed by atoms with Crippen molar-refractivity contribution in [2.24, 2.45) is 17.3 Å². The highest BCUT2D eigenvalue weighted by Gasteiger charge is 2.51. The predicted octanol–water partition coefficient (Wildman–Crippen LogP) is 5.25. The molecule has 1 aromatic rings. The summed E-state index contributed by atoms with van der Waals surface area (Å²) < 4.78 is 31.3. The zero-order valence-corrected chi connectivity index (χ0v) is 16.6. The first-order valence-electron chi connectivity index (χ1n) is 9.35. The summed E-state index contributed by atoms with van der Waals surface area (Å²) in [6.45, 7) is 8.74. The van der Waals surface area contributed by atoms with Gasteiger partial charge in [0, 0.05) is 0 Å². The van der Waals surface area contributed by atoms with Crippen LogP contribution in [0.3, 0.4) is 0 Å². The third-order valence-electron chi connectivity index (χ3n) is 6.11. The number of allylic oxidation sites excluding steroid dienone is 2. The molecule has 25 heavy (non-hydrogen) atoms. The van der Waals surface area contributed by atoms with Gasteiger partial charge in [-0.15, -0.1) is 0 Å². The predicted molar refractivity (Wildman–Crippen MR) is 101 cm³/mol. The van der Waals surface area contributed by atoms with Gasteiger partial charge < -0.3 is 0 Å². The smallest absolute Gasteiger partial charge is 0.263 e. The average Bonchev–Trinajstić information content (AvgIpc) is 2.57. The monoisotopic (exact) mass is 362 g/mol. The summed E-state index contributed by atoms with van der Waals surface area (Å²) in [5, 5.41) is 0. The van der Waals surface area contributed by atoms with Gasteiger partial charge in [-0.25, -0.2) is 0 Å². The summed E-state index contributed by atoms with van der Waals surface area (Å²) in [4.78, 5) is 0.264. The maximum absolute atomic E-state index is 12.8. The minimum Gasteiger partial charge on any atom is -0.263 e. The van der Waals surface area contributed by atoms with Crippen molar-refractivity contribution in [1.82, 2.24) is 0 Å². The number of fused-ring (bicyclic) bond motifs is 1. The second-order valence-electron chi connectivity index (χ2n) is 8.53. The molecule has 4 heteroatoms. The van der Waals surface area contributed by atoms with Crippen LogP contribution in [0.5, 0.6) is 0 Å². The second kappa shape index (κ2) is 6.88. The van der Waals surface area contributed by atoms with Gasteiger partial charge in [-0.3, -0.25) is 4.18 Å². The normalized spacial score (nSPS) is 31.5. The number of benzene rings is 1. The first-order valence-corrected chi connectivity index (χ1v) is 10.8. The van der Waals surface area contributed by atoms with Crippen LogP contribution in [0.1, 0.15) is 58.4 Å². The van der Waals surface area contributed by atoms with Crippen LogP contribution in [-0.2, 0) is 14.3 Å². The van der Waals surface area contributed by atoms with Crippen LogP contribution >= 0.6 is 0 Å². The molecule has 0 aromatic heterocycles. The Labute approximate surface area is 152 Å². The van der Waals surface area contributed by atoms with Crippen LogP contribution in [0, 0.1) is 24.2 Å². The summed E-state index contributed by atoms with van der Waals surface area (Å²) in [6.07, 6.45) is 7.00. The molecule has 3 nitrogen and oxygen atoms in total. The second-order valence-corrected chi connectivity index (χ2v) is 10.1. The molecule has 0 bridgehead atoms. The minimum absolute atomic E-state index is 0.216. The Morgan fingerprint density at radius 3 is 2.40 bits per heavy atom. The van der Waals surface area contributed by atoms with Crippen LogP contribution < -0.4 is 0 Å². The van der Waals surface area contributed by atoms with Gasteiger partial charge in [-0.05, 0) is 75.3 Å². The van der Waals surface area contributed by atoms with Gasteiger partial charge in [-0.1, -0.05) is 43.2 Å². The molecule has 1 aromatic carbocycles. The van der Waals surface area contributed by atoms with Crippen LogP contribution in [0.25, 0.3) is 0 Å². The zero-order chi connectivity index (χ0) is 18.2. The highest BCUT2D eigenvalue weighted by atomic mass is 32.2. The fourth-order valence-corrected chi connectivity index (χ4v) is 5.70. The van der Waals surface area contributed by atoms with Gasteiger partial charge in [0.1, 0.15) is 0 Å². The number of hydrogen-bond donors (Lipinski definition) is 0. The molecule has 0 aliphatic heterocycles. The van der Waals surface area contributed by atoms with Crippen molar-refractivity contribution in [3.63, 3.8) is 0 Å². The molecule has 2 aliphatic carbocycles. The first kappa shape index (κ1) is 18.7. The number of aryl methyl sites for hydroxylation is 1. The van der Waals surface area contributed by atoms with Crippen LogP contribution in [0.4, 0.5) is 0 Å². The lowest BCUT2D eigenvalue weighted by molar-refractivity contribution is -0.0777. The van der Waals surface area contributed by atoms with Gasteiger partial charge in [0.05, 0.1) is 11.0 Å². The quantitative estimate of drug-likeness (QED) is 0.545. The van der Waals surface area contributed by atoms with Crippen molar-refractivity contribution in [1.29, 1.82) is 0 Å². The summed E-state index contributed by atoms with van der Waals surface area (Å²) >= 11 is 0. The molecule has 3 rings (SSSR count). The maximum Gasteiger partial charge on any atom is 0.297 e. The van der Waals surface area contributed by atoms with Crippen molar-refractivity contribution >= 4 is 10.1 Å². The van der Waals surface area contributed by atoms with E-state index in [2.05, 4.69) is 26.8 Å². The lowest BCUT2D eigenvalue weighted by Gasteiger charge is -2.54. The van der Waals surface area contributed by atoms with Crippen LogP contribution in [-0.4, -0.2) is 14.5 Å². The van der Waals surface area contributed by atoms with E-state index in [9.17, 15) is 8.42 Å². The Morgan fingerprint density at radius 2 is 1.76 bits per heavy atom. The molecule has 0 N–H and O–H groups in total. The zero-order valence-electron chi connectivity index (χ0n) is 15.8. The van der Waals surface area contributed by atoms with E-state index >= 15 is 0 Å². The van der Waals surface area contributed by atoms with Gasteiger partial charge in [0.25, 0.3) is 10.1 Å². The van der Waals surface area contributed by atoms with Gasteiger partial charge >= 0.3 is 0 Å². The molecular formula is C21H30O3S. The van der Waals surface area contributed by atoms with Crippen LogP contribution in [0.15, 0.2) is 40.8 Å². The number of rotatable bonds is 3. The van der Waals surface area contributed by atoms with E-state index < -0.39 is 10.1 Å². The van der Waals surface area contributed by atoms with Gasteiger partial charge in [-0.2, -0.15) is 8.42 Å². The summed E-state index contributed by atoms with van der Waals surface area (Å²) in [5.41, 5.74) is 2.75. The fraction of sp³-hybridized carbons (Fsp3) is 0.619. The molecule has 138 valence electrons. The number of hydrogen-bond acceptors (Lipinski definition) is 3. The molecule has 1 fully saturated rings. The minimum atomic E-state index is -3.71. The van der Waals surface area contributed by atoms with Gasteiger partial charge in [0.2, 0.25) is 0 Å². The van der Waals surface area contributed by atoms with E-state index in [4.69, 9.17) is 4.18 Å². The fourth-order valence-electron chi connectivity index (χ4n) is 4.55. The third kappa shape index (κ3) is 4.01. The van der Waals surface area contributed by atoms with E-state index in [0.29, 0.717) is 11.8 Å². The molecule has 2 aliphatic rings. The summed E-state index contributed by atoms with van der Waals surface area (Å²) in [5.74, 6) is 0.877. The van der Waals surface area contributed by atoms with Crippen LogP contribution in [0.2, 0.25) is 0 Å². The molecule has 3 atom stereocenters. The highest BCUT2D eigenvalue weighted by Crippen LogP contribution is 2.56. The first-order chi connectivity index (χ1) is 11.7. The van der Waals surface area contributed by atoms with Crippen molar-refractivity contribution in [3.05, 3.63) is 41.5 Å². The Bertz CT molecular complexity index is 744. The molecule has 0 unspecified atom stereocenters. The third-order valence-corrected chi connectivity index (χ3v) is 7.46. The summed E-state index contributed by atoms with van der Waals surface area (Å²) in [6, 6.07) is 6.93. The van der Waals surface area contributed by atoms with Crippen molar-refractivity contribution in [2.75, 3.05) is 0 Å².